The summed E-state index contributed by atoms with van der Waals surface area (Å²) in [4.78, 5) is 12.1. The average Bonchev–Trinajstić information content (AvgIpc) is 2.61. The van der Waals surface area contributed by atoms with Crippen molar-refractivity contribution in [2.45, 2.75) is 20.3 Å². The number of hydrogen-bond acceptors (Lipinski definition) is 4. The minimum absolute atomic E-state index is 0.277. The van der Waals surface area contributed by atoms with Gasteiger partial charge in [0.1, 0.15) is 11.5 Å². The van der Waals surface area contributed by atoms with Crippen LogP contribution in [0.4, 0.5) is 0 Å². The van der Waals surface area contributed by atoms with E-state index >= 15 is 0 Å². The predicted molar refractivity (Wildman–Crippen MR) is 94.9 cm³/mol. The lowest BCUT2D eigenvalue weighted by atomic mass is 10.2. The molecule has 0 saturated heterocycles. The van der Waals surface area contributed by atoms with Crippen molar-refractivity contribution < 1.29 is 14.3 Å². The molecule has 24 heavy (non-hydrogen) atoms. The molecule has 0 atom stereocenters. The van der Waals surface area contributed by atoms with E-state index in [-0.39, 0.29) is 5.91 Å². The number of hydrogen-bond donors (Lipinski definition) is 1. The van der Waals surface area contributed by atoms with Crippen molar-refractivity contribution >= 4 is 12.1 Å². The normalized spacial score (nSPS) is 10.6. The molecular formula is C19H22N2O3. The van der Waals surface area contributed by atoms with Gasteiger partial charge in [0.25, 0.3) is 5.91 Å². The topological polar surface area (TPSA) is 59.9 Å². The summed E-state index contributed by atoms with van der Waals surface area (Å²) in [6.45, 7) is 5.20. The second-order valence-corrected chi connectivity index (χ2v) is 5.04. The highest BCUT2D eigenvalue weighted by molar-refractivity contribution is 5.95. The highest BCUT2D eigenvalue weighted by Gasteiger charge is 2.05. The van der Waals surface area contributed by atoms with E-state index in [0.717, 1.165) is 23.5 Å². The quantitative estimate of drug-likeness (QED) is 0.595. The molecule has 0 aliphatic rings. The number of nitrogens with one attached hydrogen (secondary N) is 1. The fraction of sp³-hybridized carbons (Fsp3) is 0.263. The molecule has 0 fully saturated rings. The van der Waals surface area contributed by atoms with Gasteiger partial charge in [0, 0.05) is 11.1 Å². The van der Waals surface area contributed by atoms with Crippen molar-refractivity contribution in [3.05, 3.63) is 59.7 Å². The van der Waals surface area contributed by atoms with Crippen molar-refractivity contribution in [2.75, 3.05) is 13.2 Å². The Bertz CT molecular complexity index is 681. The Morgan fingerprint density at radius 2 is 1.83 bits per heavy atom. The van der Waals surface area contributed by atoms with Gasteiger partial charge in [-0.1, -0.05) is 19.1 Å². The molecule has 0 spiro atoms. The molecule has 1 N–H and O–H groups in total. The maximum absolute atomic E-state index is 12.1. The molecule has 2 aromatic rings. The van der Waals surface area contributed by atoms with Crippen molar-refractivity contribution in [2.24, 2.45) is 5.10 Å². The van der Waals surface area contributed by atoms with Gasteiger partial charge in [0.2, 0.25) is 0 Å². The number of ether oxygens (including phenoxy) is 2. The molecule has 0 aliphatic carbocycles. The third-order valence-corrected chi connectivity index (χ3v) is 3.18. The van der Waals surface area contributed by atoms with E-state index in [4.69, 9.17) is 9.47 Å². The van der Waals surface area contributed by atoms with E-state index in [9.17, 15) is 4.79 Å². The van der Waals surface area contributed by atoms with Gasteiger partial charge in [-0.2, -0.15) is 5.10 Å². The van der Waals surface area contributed by atoms with Crippen LogP contribution in [-0.2, 0) is 0 Å². The van der Waals surface area contributed by atoms with Gasteiger partial charge in [-0.25, -0.2) is 5.43 Å². The molecule has 0 bridgehead atoms. The summed E-state index contributed by atoms with van der Waals surface area (Å²) in [7, 11) is 0. The van der Waals surface area contributed by atoms with Crippen LogP contribution in [-0.4, -0.2) is 25.3 Å². The number of carbonyl (C=O) groups is 1. The number of carbonyl (C=O) groups excluding carboxylic acids is 1. The maximum Gasteiger partial charge on any atom is 0.271 e. The summed E-state index contributed by atoms with van der Waals surface area (Å²) in [5, 5.41) is 4.01. The molecular weight excluding hydrogens is 304 g/mol. The lowest BCUT2D eigenvalue weighted by molar-refractivity contribution is 0.0955. The predicted octanol–water partition coefficient (Wildman–Crippen LogP) is 3.64. The first kappa shape index (κ1) is 17.5. The van der Waals surface area contributed by atoms with E-state index in [1.54, 1.807) is 30.5 Å². The Balaban J connectivity index is 1.97. The summed E-state index contributed by atoms with van der Waals surface area (Å²) >= 11 is 0. The Morgan fingerprint density at radius 1 is 1.08 bits per heavy atom. The standard InChI is InChI=1S/C19H22N2O3/c1-3-13-24-18-8-6-5-7-16(18)14-20-21-19(22)15-9-11-17(12-10-15)23-4-2/h5-12,14H,3-4,13H2,1-2H3,(H,21,22)/b20-14-. The molecule has 0 radical (unpaired) electrons. The number of benzene rings is 2. The maximum atomic E-state index is 12.1. The van der Waals surface area contributed by atoms with Crippen LogP contribution in [0, 0.1) is 0 Å². The molecule has 2 rings (SSSR count). The van der Waals surface area contributed by atoms with Gasteiger partial charge < -0.3 is 9.47 Å². The highest BCUT2D eigenvalue weighted by atomic mass is 16.5. The lowest BCUT2D eigenvalue weighted by Gasteiger charge is -2.07. The molecule has 0 heterocycles. The van der Waals surface area contributed by atoms with Crippen LogP contribution in [0.15, 0.2) is 53.6 Å². The zero-order valence-corrected chi connectivity index (χ0v) is 14.0. The Hall–Kier alpha value is -2.82. The Labute approximate surface area is 142 Å². The number of nitrogens with zero attached hydrogens (tertiary/aromatic N) is 1. The van der Waals surface area contributed by atoms with Crippen LogP contribution >= 0.6 is 0 Å². The summed E-state index contributed by atoms with van der Waals surface area (Å²) in [6, 6.07) is 14.5. The molecule has 1 amide bonds. The second-order valence-electron chi connectivity index (χ2n) is 5.04. The Kier molecular flexibility index (Phi) is 6.83. The molecule has 5 heteroatoms. The number of hydrazone groups is 1. The van der Waals surface area contributed by atoms with E-state index in [1.165, 1.54) is 0 Å². The average molecular weight is 326 g/mol. The molecule has 126 valence electrons. The SMILES string of the molecule is CCCOc1ccccc1/C=N\NC(=O)c1ccc(OCC)cc1. The van der Waals surface area contributed by atoms with Gasteiger partial charge in [0.05, 0.1) is 19.4 Å². The fourth-order valence-electron chi connectivity index (χ4n) is 2.02. The highest BCUT2D eigenvalue weighted by Crippen LogP contribution is 2.16. The fourth-order valence-corrected chi connectivity index (χ4v) is 2.02. The van der Waals surface area contributed by atoms with Gasteiger partial charge in [-0.15, -0.1) is 0 Å². The van der Waals surface area contributed by atoms with Gasteiger partial charge in [0.15, 0.2) is 0 Å². The summed E-state index contributed by atoms with van der Waals surface area (Å²) in [5.41, 5.74) is 3.85. The van der Waals surface area contributed by atoms with Gasteiger partial charge in [-0.3, -0.25) is 4.79 Å². The second kappa shape index (κ2) is 9.35. The smallest absolute Gasteiger partial charge is 0.271 e. The largest absolute Gasteiger partial charge is 0.494 e. The lowest BCUT2D eigenvalue weighted by Crippen LogP contribution is -2.17. The van der Waals surface area contributed by atoms with E-state index < -0.39 is 0 Å². The first-order valence-electron chi connectivity index (χ1n) is 8.02. The molecule has 0 unspecified atom stereocenters. The Morgan fingerprint density at radius 3 is 2.54 bits per heavy atom. The molecule has 0 aliphatic heterocycles. The summed E-state index contributed by atoms with van der Waals surface area (Å²) in [5.74, 6) is 1.21. The van der Waals surface area contributed by atoms with Gasteiger partial charge in [-0.05, 0) is 49.7 Å². The first-order valence-corrected chi connectivity index (χ1v) is 8.02. The van der Waals surface area contributed by atoms with Crippen molar-refractivity contribution in [3.8, 4) is 11.5 Å². The summed E-state index contributed by atoms with van der Waals surface area (Å²) < 4.78 is 11.0. The van der Waals surface area contributed by atoms with Crippen LogP contribution in [0.1, 0.15) is 36.2 Å². The van der Waals surface area contributed by atoms with Crippen molar-refractivity contribution in [1.29, 1.82) is 0 Å². The monoisotopic (exact) mass is 326 g/mol. The van der Waals surface area contributed by atoms with Crippen LogP contribution in [0.25, 0.3) is 0 Å². The number of amides is 1. The first-order chi connectivity index (χ1) is 11.7. The zero-order chi connectivity index (χ0) is 17.2. The van der Waals surface area contributed by atoms with Crippen LogP contribution in [0.3, 0.4) is 0 Å². The molecule has 0 saturated carbocycles. The summed E-state index contributed by atoms with van der Waals surface area (Å²) in [6.07, 6.45) is 2.51. The van der Waals surface area contributed by atoms with Crippen LogP contribution in [0.2, 0.25) is 0 Å². The number of para-hydroxylation sites is 1. The van der Waals surface area contributed by atoms with Gasteiger partial charge >= 0.3 is 0 Å². The third kappa shape index (κ3) is 5.12. The third-order valence-electron chi connectivity index (χ3n) is 3.18. The van der Waals surface area contributed by atoms with E-state index in [2.05, 4.69) is 10.5 Å². The zero-order valence-electron chi connectivity index (χ0n) is 14.0. The minimum Gasteiger partial charge on any atom is -0.494 e. The number of rotatable bonds is 8. The molecule has 0 aromatic heterocycles. The van der Waals surface area contributed by atoms with Crippen molar-refractivity contribution in [3.63, 3.8) is 0 Å². The minimum atomic E-state index is -0.277. The molecule has 2 aromatic carbocycles. The molecule has 5 nitrogen and oxygen atoms in total. The van der Waals surface area contributed by atoms with E-state index in [1.807, 2.05) is 38.1 Å². The van der Waals surface area contributed by atoms with Crippen LogP contribution < -0.4 is 14.9 Å². The van der Waals surface area contributed by atoms with Crippen LogP contribution in [0.5, 0.6) is 11.5 Å². The van der Waals surface area contributed by atoms with E-state index in [0.29, 0.717) is 18.8 Å². The van der Waals surface area contributed by atoms with Crippen molar-refractivity contribution in [1.82, 2.24) is 5.43 Å².